The third-order valence-corrected chi connectivity index (χ3v) is 7.04. The van der Waals surface area contributed by atoms with Crippen LogP contribution in [0.1, 0.15) is 82.5 Å². The third kappa shape index (κ3) is 12.2. The number of aryl methyl sites for hydroxylation is 1. The molecule has 4 N–H and O–H groups in total. The van der Waals surface area contributed by atoms with Gasteiger partial charge in [0.15, 0.2) is 0 Å². The van der Waals surface area contributed by atoms with E-state index >= 15 is 0 Å². The summed E-state index contributed by atoms with van der Waals surface area (Å²) in [5.41, 5.74) is 2.66. The van der Waals surface area contributed by atoms with E-state index in [0.717, 1.165) is 43.7 Å². The van der Waals surface area contributed by atoms with Gasteiger partial charge in [-0.3, -0.25) is 4.79 Å². The summed E-state index contributed by atoms with van der Waals surface area (Å²) in [5, 5.41) is 20.1. The molecule has 3 amide bonds. The van der Waals surface area contributed by atoms with E-state index in [4.69, 9.17) is 0 Å². The number of aliphatic hydroxyl groups is 1. The van der Waals surface area contributed by atoms with Crippen LogP contribution in [0.4, 0.5) is 13.6 Å². The quantitative estimate of drug-likeness (QED) is 0.195. The lowest BCUT2D eigenvalue weighted by Crippen LogP contribution is -2.52. The van der Waals surface area contributed by atoms with E-state index < -0.39 is 29.8 Å². The van der Waals surface area contributed by atoms with Crippen LogP contribution >= 0.6 is 0 Å². The van der Waals surface area contributed by atoms with Gasteiger partial charge in [-0.05, 0) is 60.9 Å². The Kier molecular flexibility index (Phi) is 15.3. The Hall–Kier alpha value is -3.04. The summed E-state index contributed by atoms with van der Waals surface area (Å²) in [5.74, 6) is -1.48. The molecule has 0 spiro atoms. The summed E-state index contributed by atoms with van der Waals surface area (Å²) in [7, 11) is 0. The van der Waals surface area contributed by atoms with Crippen molar-refractivity contribution in [3.8, 4) is 0 Å². The second kappa shape index (κ2) is 18.4. The van der Waals surface area contributed by atoms with Gasteiger partial charge >= 0.3 is 6.03 Å². The Bertz CT molecular complexity index is 1060. The number of nitrogens with zero attached hydrogens (tertiary/aromatic N) is 1. The van der Waals surface area contributed by atoms with Gasteiger partial charge in [0.25, 0.3) is 0 Å². The van der Waals surface area contributed by atoms with Gasteiger partial charge in [-0.1, -0.05) is 58.4 Å². The molecule has 7 nitrogen and oxygen atoms in total. The molecule has 3 atom stereocenters. The minimum Gasteiger partial charge on any atom is -0.390 e. The van der Waals surface area contributed by atoms with Crippen molar-refractivity contribution in [2.75, 3.05) is 26.2 Å². The SMILES string of the molecule is CCCC(NC[C@H](O)[C@H](Cc1cc(F)cc(F)c1)NC(=O)NCCC(=O)N(CCC)CCC)c1cccc(CC)c1. The molecule has 0 aromatic heterocycles. The Balaban J connectivity index is 2.08. The Morgan fingerprint density at radius 1 is 0.927 bits per heavy atom. The van der Waals surface area contributed by atoms with Gasteiger partial charge in [0.05, 0.1) is 12.1 Å². The molecule has 1 unspecified atom stereocenters. The Morgan fingerprint density at radius 2 is 1.61 bits per heavy atom. The molecular formula is C32H48F2N4O3. The molecule has 0 aliphatic heterocycles. The molecule has 0 saturated heterocycles. The van der Waals surface area contributed by atoms with Crippen molar-refractivity contribution in [1.29, 1.82) is 0 Å². The predicted molar refractivity (Wildman–Crippen MR) is 160 cm³/mol. The first-order valence-corrected chi connectivity index (χ1v) is 15.0. The lowest BCUT2D eigenvalue weighted by molar-refractivity contribution is -0.131. The zero-order valence-electron chi connectivity index (χ0n) is 25.0. The molecule has 0 radical (unpaired) electrons. The summed E-state index contributed by atoms with van der Waals surface area (Å²) in [6.45, 7) is 9.86. The highest BCUT2D eigenvalue weighted by atomic mass is 19.1. The molecule has 2 rings (SSSR count). The molecule has 2 aromatic carbocycles. The zero-order valence-corrected chi connectivity index (χ0v) is 25.0. The molecule has 0 bridgehead atoms. The van der Waals surface area contributed by atoms with E-state index in [9.17, 15) is 23.5 Å². The second-order valence-corrected chi connectivity index (χ2v) is 10.5. The third-order valence-electron chi connectivity index (χ3n) is 7.04. The van der Waals surface area contributed by atoms with Gasteiger partial charge in [0, 0.05) is 44.7 Å². The van der Waals surface area contributed by atoms with Crippen LogP contribution in [0.3, 0.4) is 0 Å². The monoisotopic (exact) mass is 574 g/mol. The largest absolute Gasteiger partial charge is 0.390 e. The second-order valence-electron chi connectivity index (χ2n) is 10.5. The minimum atomic E-state index is -1.05. The Morgan fingerprint density at radius 3 is 2.22 bits per heavy atom. The smallest absolute Gasteiger partial charge is 0.315 e. The van der Waals surface area contributed by atoms with Crippen molar-refractivity contribution in [1.82, 2.24) is 20.9 Å². The van der Waals surface area contributed by atoms with E-state index in [-0.39, 0.29) is 37.9 Å². The number of benzene rings is 2. The molecule has 228 valence electrons. The highest BCUT2D eigenvalue weighted by Gasteiger charge is 2.24. The van der Waals surface area contributed by atoms with Gasteiger partial charge in [-0.15, -0.1) is 0 Å². The summed E-state index contributed by atoms with van der Waals surface area (Å²) in [4.78, 5) is 27.1. The van der Waals surface area contributed by atoms with Crippen LogP contribution in [0.5, 0.6) is 0 Å². The lowest BCUT2D eigenvalue weighted by atomic mass is 9.97. The van der Waals surface area contributed by atoms with Gasteiger partial charge in [0.1, 0.15) is 11.6 Å². The summed E-state index contributed by atoms with van der Waals surface area (Å²) in [6.07, 6.45) is 3.56. The molecule has 9 heteroatoms. The van der Waals surface area contributed by atoms with Crippen molar-refractivity contribution in [2.24, 2.45) is 0 Å². The number of carbonyl (C=O) groups is 2. The highest BCUT2D eigenvalue weighted by Crippen LogP contribution is 2.20. The maximum Gasteiger partial charge on any atom is 0.315 e. The van der Waals surface area contributed by atoms with Gasteiger partial charge in [-0.2, -0.15) is 0 Å². The van der Waals surface area contributed by atoms with Crippen LogP contribution in [0.15, 0.2) is 42.5 Å². The number of halogens is 2. The number of hydrogen-bond donors (Lipinski definition) is 4. The predicted octanol–water partition coefficient (Wildman–Crippen LogP) is 5.27. The fourth-order valence-corrected chi connectivity index (χ4v) is 4.94. The fourth-order valence-electron chi connectivity index (χ4n) is 4.94. The van der Waals surface area contributed by atoms with Gasteiger partial charge in [0.2, 0.25) is 5.91 Å². The van der Waals surface area contributed by atoms with Crippen molar-refractivity contribution in [2.45, 2.75) is 90.8 Å². The summed E-state index contributed by atoms with van der Waals surface area (Å²) < 4.78 is 27.8. The first-order valence-electron chi connectivity index (χ1n) is 15.0. The van der Waals surface area contributed by atoms with Crippen molar-refractivity contribution >= 4 is 11.9 Å². The molecular weight excluding hydrogens is 526 g/mol. The first-order chi connectivity index (χ1) is 19.7. The van der Waals surface area contributed by atoms with Crippen LogP contribution in [-0.4, -0.2) is 60.3 Å². The molecule has 41 heavy (non-hydrogen) atoms. The fraction of sp³-hybridized carbons (Fsp3) is 0.562. The van der Waals surface area contributed by atoms with E-state index in [1.807, 2.05) is 19.9 Å². The zero-order chi connectivity index (χ0) is 30.2. The van der Waals surface area contributed by atoms with Crippen molar-refractivity contribution in [3.05, 3.63) is 70.8 Å². The molecule has 0 fully saturated rings. The number of aliphatic hydroxyl groups excluding tert-OH is 1. The summed E-state index contributed by atoms with van der Waals surface area (Å²) in [6, 6.07) is 10.1. The van der Waals surface area contributed by atoms with Crippen LogP contribution < -0.4 is 16.0 Å². The standard InChI is InChI=1S/C32H48F2N4O3/c1-5-10-28(25-12-9-11-23(8-4)17-25)36-22-30(39)29(20-24-18-26(33)21-27(34)19-24)37-32(41)35-14-13-31(40)38(15-6-2)16-7-3/h9,11-12,17-19,21,28-30,36,39H,5-8,10,13-16,20,22H2,1-4H3,(H2,35,37,41)/t28?,29-,30-/m0/s1. The average Bonchev–Trinajstić information content (AvgIpc) is 2.94. The molecule has 0 aliphatic carbocycles. The van der Waals surface area contributed by atoms with Gasteiger partial charge < -0.3 is 26.0 Å². The number of urea groups is 1. The highest BCUT2D eigenvalue weighted by molar-refractivity contribution is 5.78. The van der Waals surface area contributed by atoms with E-state index in [2.05, 4.69) is 48.0 Å². The number of amides is 3. The number of carbonyl (C=O) groups excluding carboxylic acids is 2. The molecule has 2 aromatic rings. The first kappa shape index (κ1) is 34.2. The van der Waals surface area contributed by atoms with Crippen LogP contribution in [0, 0.1) is 11.6 Å². The van der Waals surface area contributed by atoms with E-state index in [1.54, 1.807) is 4.90 Å². The van der Waals surface area contributed by atoms with Crippen molar-refractivity contribution < 1.29 is 23.5 Å². The molecule has 0 aliphatic rings. The van der Waals surface area contributed by atoms with Crippen LogP contribution in [0.25, 0.3) is 0 Å². The lowest BCUT2D eigenvalue weighted by Gasteiger charge is -2.27. The van der Waals surface area contributed by atoms with Gasteiger partial charge in [-0.25, -0.2) is 13.6 Å². The van der Waals surface area contributed by atoms with Crippen LogP contribution in [-0.2, 0) is 17.6 Å². The number of rotatable bonds is 18. The summed E-state index contributed by atoms with van der Waals surface area (Å²) >= 11 is 0. The topological polar surface area (TPSA) is 93.7 Å². The normalized spacial score (nSPS) is 13.3. The van der Waals surface area contributed by atoms with E-state index in [0.29, 0.717) is 18.7 Å². The number of nitrogens with one attached hydrogen (secondary N) is 3. The van der Waals surface area contributed by atoms with Crippen LogP contribution in [0.2, 0.25) is 0 Å². The van der Waals surface area contributed by atoms with E-state index in [1.165, 1.54) is 17.7 Å². The molecule has 0 heterocycles. The Labute approximate surface area is 244 Å². The number of hydrogen-bond acceptors (Lipinski definition) is 4. The molecule has 0 saturated carbocycles. The minimum absolute atomic E-state index is 0.00226. The maximum atomic E-state index is 13.9. The van der Waals surface area contributed by atoms with Crippen molar-refractivity contribution in [3.63, 3.8) is 0 Å². The average molecular weight is 575 g/mol. The maximum absolute atomic E-state index is 13.9.